The molecule has 0 N–H and O–H groups in total. The number of hydrogen-bond donors (Lipinski definition) is 0. The number of hydrogen-bond acceptors (Lipinski definition) is 6. The summed E-state index contributed by atoms with van der Waals surface area (Å²) in [5.74, 6) is 2.34. The highest BCUT2D eigenvalue weighted by atomic mass is 35.5. The molecule has 6 nitrogen and oxygen atoms in total. The Morgan fingerprint density at radius 2 is 1.80 bits per heavy atom. The van der Waals surface area contributed by atoms with Crippen molar-refractivity contribution in [3.63, 3.8) is 0 Å². The van der Waals surface area contributed by atoms with Crippen LogP contribution < -0.4 is 19.6 Å². The third-order valence-corrected chi connectivity index (χ3v) is 6.27. The third kappa shape index (κ3) is 4.85. The summed E-state index contributed by atoms with van der Waals surface area (Å²) in [7, 11) is 0. The molecule has 4 aromatic rings. The van der Waals surface area contributed by atoms with Crippen LogP contribution in [0.15, 0.2) is 69.9 Å². The second kappa shape index (κ2) is 10.0. The zero-order valence-electron chi connectivity index (χ0n) is 19.7. The molecule has 0 amide bonds. The van der Waals surface area contributed by atoms with Crippen LogP contribution in [0.25, 0.3) is 11.0 Å². The lowest BCUT2D eigenvalue weighted by Gasteiger charge is -2.29. The zero-order chi connectivity index (χ0) is 24.4. The van der Waals surface area contributed by atoms with Gasteiger partial charge in [0.15, 0.2) is 11.5 Å². The van der Waals surface area contributed by atoms with E-state index in [-0.39, 0.29) is 11.2 Å². The maximum Gasteiger partial charge on any atom is 0.235 e. The van der Waals surface area contributed by atoms with E-state index in [1.807, 2.05) is 55.5 Å². The van der Waals surface area contributed by atoms with Gasteiger partial charge in [-0.05, 0) is 62.2 Å². The Balaban J connectivity index is 1.43. The number of benzene rings is 3. The van der Waals surface area contributed by atoms with Crippen molar-refractivity contribution in [2.75, 3.05) is 19.9 Å². The largest absolute Gasteiger partial charge is 0.490 e. The van der Waals surface area contributed by atoms with Gasteiger partial charge in [-0.25, -0.2) is 0 Å². The normalized spacial score (nSPS) is 13.3. The summed E-state index contributed by atoms with van der Waals surface area (Å²) in [6, 6.07) is 18.7. The van der Waals surface area contributed by atoms with E-state index in [4.69, 9.17) is 30.2 Å². The summed E-state index contributed by atoms with van der Waals surface area (Å²) in [5.41, 5.74) is 2.38. The first kappa shape index (κ1) is 23.3. The maximum atomic E-state index is 13.4. The van der Waals surface area contributed by atoms with Crippen molar-refractivity contribution in [1.29, 1.82) is 0 Å². The Morgan fingerprint density at radius 3 is 2.57 bits per heavy atom. The summed E-state index contributed by atoms with van der Waals surface area (Å²) in [5, 5.41) is 1.19. The molecule has 7 heteroatoms. The first-order chi connectivity index (χ1) is 17.0. The molecular weight excluding hydrogens is 466 g/mol. The summed E-state index contributed by atoms with van der Waals surface area (Å²) >= 11 is 5.99. The quantitative estimate of drug-likeness (QED) is 0.300. The van der Waals surface area contributed by atoms with E-state index < -0.39 is 0 Å². The van der Waals surface area contributed by atoms with Gasteiger partial charge in [0.2, 0.25) is 11.2 Å². The van der Waals surface area contributed by atoms with Gasteiger partial charge in [-0.3, -0.25) is 9.69 Å². The molecule has 1 aliphatic rings. The summed E-state index contributed by atoms with van der Waals surface area (Å²) in [6.45, 7) is 6.03. The highest BCUT2D eigenvalue weighted by Crippen LogP contribution is 2.36. The van der Waals surface area contributed by atoms with Gasteiger partial charge in [0, 0.05) is 18.1 Å². The van der Waals surface area contributed by atoms with Gasteiger partial charge >= 0.3 is 0 Å². The monoisotopic (exact) mass is 491 g/mol. The Labute approximate surface area is 208 Å². The van der Waals surface area contributed by atoms with Crippen LogP contribution >= 0.6 is 11.6 Å². The minimum atomic E-state index is -0.226. The van der Waals surface area contributed by atoms with E-state index in [1.54, 1.807) is 19.1 Å². The molecule has 5 rings (SSSR count). The minimum absolute atomic E-state index is 0.154. The molecule has 1 aromatic heterocycles. The Morgan fingerprint density at radius 1 is 1.03 bits per heavy atom. The number of aryl methyl sites for hydroxylation is 1. The van der Waals surface area contributed by atoms with Gasteiger partial charge in [-0.1, -0.05) is 35.9 Å². The van der Waals surface area contributed by atoms with E-state index in [2.05, 4.69) is 4.90 Å². The zero-order valence-corrected chi connectivity index (χ0v) is 20.4. The lowest BCUT2D eigenvalue weighted by Crippen LogP contribution is -2.33. The van der Waals surface area contributed by atoms with Gasteiger partial charge in [0.1, 0.15) is 23.8 Å². The van der Waals surface area contributed by atoms with E-state index >= 15 is 0 Å². The highest BCUT2D eigenvalue weighted by molar-refractivity contribution is 6.30. The molecule has 35 heavy (non-hydrogen) atoms. The van der Waals surface area contributed by atoms with E-state index in [9.17, 15) is 4.79 Å². The average Bonchev–Trinajstić information content (AvgIpc) is 2.87. The number of nitrogens with zero attached hydrogens (tertiary/aromatic N) is 1. The fourth-order valence-corrected chi connectivity index (χ4v) is 4.35. The Kier molecular flexibility index (Phi) is 6.66. The summed E-state index contributed by atoms with van der Waals surface area (Å²) in [6.07, 6.45) is 0.862. The fraction of sp³-hybridized carbons (Fsp3) is 0.250. The van der Waals surface area contributed by atoms with Crippen molar-refractivity contribution < 1.29 is 18.6 Å². The van der Waals surface area contributed by atoms with Crippen molar-refractivity contribution >= 4 is 22.6 Å². The topological polar surface area (TPSA) is 61.1 Å². The molecule has 0 aliphatic carbocycles. The van der Waals surface area contributed by atoms with Crippen LogP contribution in [-0.2, 0) is 13.0 Å². The van der Waals surface area contributed by atoms with Crippen LogP contribution in [0.5, 0.6) is 23.0 Å². The standard InChI is InChI=1S/C28H26ClNO5/c1-3-32-24-6-4-5-7-25(24)35-27-18(2)34-28-21(26(27)31)12-13-23-22(28)16-30(17-33-23)15-14-19-8-10-20(29)11-9-19/h4-13H,3,14-17H2,1-2H3. The molecule has 0 saturated heterocycles. The van der Waals surface area contributed by atoms with Gasteiger partial charge in [-0.15, -0.1) is 0 Å². The first-order valence-corrected chi connectivity index (χ1v) is 12.0. The van der Waals surface area contributed by atoms with Crippen LogP contribution in [0, 0.1) is 6.92 Å². The maximum absolute atomic E-state index is 13.4. The minimum Gasteiger partial charge on any atom is -0.490 e. The number of ether oxygens (including phenoxy) is 3. The number of rotatable bonds is 7. The molecule has 0 unspecified atom stereocenters. The molecule has 3 aromatic carbocycles. The molecule has 1 aliphatic heterocycles. The van der Waals surface area contributed by atoms with E-state index in [1.165, 1.54) is 5.56 Å². The second-order valence-corrected chi connectivity index (χ2v) is 8.86. The smallest absolute Gasteiger partial charge is 0.235 e. The molecule has 2 heterocycles. The first-order valence-electron chi connectivity index (χ1n) is 11.6. The Bertz CT molecular complexity index is 1410. The lowest BCUT2D eigenvalue weighted by molar-refractivity contribution is 0.0968. The van der Waals surface area contributed by atoms with Gasteiger partial charge in [0.05, 0.1) is 17.6 Å². The number of para-hydroxylation sites is 2. The third-order valence-electron chi connectivity index (χ3n) is 6.02. The molecule has 0 atom stereocenters. The molecular formula is C28H26ClNO5. The summed E-state index contributed by atoms with van der Waals surface area (Å²) < 4.78 is 23.8. The highest BCUT2D eigenvalue weighted by Gasteiger charge is 2.24. The van der Waals surface area contributed by atoms with Crippen molar-refractivity contribution in [2.24, 2.45) is 0 Å². The van der Waals surface area contributed by atoms with Gasteiger partial charge < -0.3 is 18.6 Å². The number of fused-ring (bicyclic) bond motifs is 3. The molecule has 0 spiro atoms. The lowest BCUT2D eigenvalue weighted by atomic mass is 10.1. The van der Waals surface area contributed by atoms with Crippen molar-refractivity contribution in [2.45, 2.75) is 26.8 Å². The number of halogens is 1. The average molecular weight is 492 g/mol. The Hall–Kier alpha value is -3.48. The predicted octanol–water partition coefficient (Wildman–Crippen LogP) is 6.34. The van der Waals surface area contributed by atoms with Crippen molar-refractivity contribution in [3.05, 3.63) is 92.8 Å². The molecule has 0 bridgehead atoms. The van der Waals surface area contributed by atoms with E-state index in [0.717, 1.165) is 29.3 Å². The van der Waals surface area contributed by atoms with Crippen molar-refractivity contribution in [3.8, 4) is 23.0 Å². The molecule has 0 fully saturated rings. The predicted molar refractivity (Wildman–Crippen MR) is 136 cm³/mol. The van der Waals surface area contributed by atoms with Gasteiger partial charge in [0.25, 0.3) is 0 Å². The molecule has 0 radical (unpaired) electrons. The molecule has 0 saturated carbocycles. The molecule has 180 valence electrons. The van der Waals surface area contributed by atoms with Crippen LogP contribution in [0.4, 0.5) is 0 Å². The van der Waals surface area contributed by atoms with E-state index in [0.29, 0.717) is 48.1 Å². The van der Waals surface area contributed by atoms with Crippen LogP contribution in [0.3, 0.4) is 0 Å². The van der Waals surface area contributed by atoms with Crippen molar-refractivity contribution in [1.82, 2.24) is 4.90 Å². The van der Waals surface area contributed by atoms with Crippen LogP contribution in [-0.4, -0.2) is 24.8 Å². The van der Waals surface area contributed by atoms with Crippen LogP contribution in [0.1, 0.15) is 23.8 Å². The summed E-state index contributed by atoms with van der Waals surface area (Å²) in [4.78, 5) is 15.6. The van der Waals surface area contributed by atoms with Crippen LogP contribution in [0.2, 0.25) is 5.02 Å². The fourth-order valence-electron chi connectivity index (χ4n) is 4.22. The SMILES string of the molecule is CCOc1ccccc1Oc1c(C)oc2c3c(ccc2c1=O)OCN(CCc1ccc(Cl)cc1)C3. The second-order valence-electron chi connectivity index (χ2n) is 8.42. The van der Waals surface area contributed by atoms with Gasteiger partial charge in [-0.2, -0.15) is 0 Å².